The number of methoxy groups -OCH3 is 2. The van der Waals surface area contributed by atoms with Crippen molar-refractivity contribution < 1.29 is 9.47 Å². The third-order valence-corrected chi connectivity index (χ3v) is 3.96. The van der Waals surface area contributed by atoms with Crippen molar-refractivity contribution >= 4 is 11.6 Å². The van der Waals surface area contributed by atoms with Gasteiger partial charge in [0.05, 0.1) is 14.2 Å². The highest BCUT2D eigenvalue weighted by Gasteiger charge is 2.06. The molecule has 7 nitrogen and oxygen atoms in total. The van der Waals surface area contributed by atoms with Crippen LogP contribution in [-0.4, -0.2) is 29.2 Å². The molecule has 2 heterocycles. The first kappa shape index (κ1) is 18.4. The molecule has 0 amide bonds. The summed E-state index contributed by atoms with van der Waals surface area (Å²) >= 11 is 0. The Morgan fingerprint density at radius 3 is 2.19 bits per heavy atom. The highest BCUT2D eigenvalue weighted by Crippen LogP contribution is 2.27. The average Bonchev–Trinajstić information content (AvgIpc) is 2.71. The van der Waals surface area contributed by atoms with E-state index in [4.69, 9.17) is 9.47 Å². The van der Waals surface area contributed by atoms with Gasteiger partial charge in [0.15, 0.2) is 11.5 Å². The lowest BCUT2D eigenvalue weighted by Gasteiger charge is -2.12. The summed E-state index contributed by atoms with van der Waals surface area (Å²) in [5, 5.41) is 6.64. The van der Waals surface area contributed by atoms with Crippen molar-refractivity contribution in [3.8, 4) is 11.5 Å². The molecule has 0 atom stereocenters. The highest BCUT2D eigenvalue weighted by atomic mass is 16.5. The maximum absolute atomic E-state index is 5.35. The molecule has 140 valence electrons. The van der Waals surface area contributed by atoms with Crippen LogP contribution in [0.2, 0.25) is 0 Å². The second-order valence-corrected chi connectivity index (χ2v) is 5.94. The van der Waals surface area contributed by atoms with Crippen LogP contribution in [0.1, 0.15) is 17.0 Å². The van der Waals surface area contributed by atoms with Crippen molar-refractivity contribution in [2.45, 2.75) is 20.0 Å². The van der Waals surface area contributed by atoms with Crippen LogP contribution in [-0.2, 0) is 13.1 Å². The molecule has 0 aliphatic carbocycles. The van der Waals surface area contributed by atoms with Crippen LogP contribution in [0.15, 0.2) is 48.8 Å². The van der Waals surface area contributed by atoms with Crippen molar-refractivity contribution in [3.63, 3.8) is 0 Å². The molecule has 0 unspecified atom stereocenters. The number of benzene rings is 1. The lowest BCUT2D eigenvalue weighted by atomic mass is 10.2. The Labute approximate surface area is 158 Å². The van der Waals surface area contributed by atoms with E-state index in [1.54, 1.807) is 20.4 Å². The van der Waals surface area contributed by atoms with Gasteiger partial charge in [-0.15, -0.1) is 0 Å². The van der Waals surface area contributed by atoms with E-state index >= 15 is 0 Å². The third-order valence-electron chi connectivity index (χ3n) is 3.96. The Kier molecular flexibility index (Phi) is 6.04. The average molecular weight is 365 g/mol. The summed E-state index contributed by atoms with van der Waals surface area (Å²) in [6.07, 6.45) is 3.59. The Bertz CT molecular complexity index is 887. The van der Waals surface area contributed by atoms with Crippen LogP contribution in [0, 0.1) is 6.92 Å². The fraction of sp³-hybridized carbons (Fsp3) is 0.250. The summed E-state index contributed by atoms with van der Waals surface area (Å²) in [5.41, 5.74) is 2.15. The molecule has 3 rings (SSSR count). The topological polar surface area (TPSA) is 81.2 Å². The Balaban J connectivity index is 1.65. The molecule has 0 spiro atoms. The molecule has 0 aliphatic heterocycles. The smallest absolute Gasteiger partial charge is 0.161 e. The van der Waals surface area contributed by atoms with E-state index < -0.39 is 0 Å². The number of hydrogen-bond acceptors (Lipinski definition) is 7. The predicted octanol–water partition coefficient (Wildman–Crippen LogP) is 3.42. The van der Waals surface area contributed by atoms with Gasteiger partial charge in [0.2, 0.25) is 0 Å². The van der Waals surface area contributed by atoms with E-state index in [2.05, 4.69) is 25.6 Å². The minimum atomic E-state index is 0.610. The van der Waals surface area contributed by atoms with Crippen molar-refractivity contribution in [1.82, 2.24) is 15.0 Å². The van der Waals surface area contributed by atoms with Crippen LogP contribution in [0.4, 0.5) is 11.6 Å². The van der Waals surface area contributed by atoms with Gasteiger partial charge < -0.3 is 20.1 Å². The van der Waals surface area contributed by atoms with Gasteiger partial charge in [-0.1, -0.05) is 12.1 Å². The largest absolute Gasteiger partial charge is 0.493 e. The zero-order valence-electron chi connectivity index (χ0n) is 15.7. The molecule has 27 heavy (non-hydrogen) atoms. The van der Waals surface area contributed by atoms with Crippen molar-refractivity contribution in [1.29, 1.82) is 0 Å². The monoisotopic (exact) mass is 365 g/mol. The molecule has 7 heteroatoms. The Morgan fingerprint density at radius 2 is 1.56 bits per heavy atom. The molecule has 0 radical (unpaired) electrons. The molecular formula is C20H23N5O2. The maximum atomic E-state index is 5.35. The van der Waals surface area contributed by atoms with Gasteiger partial charge in [-0.25, -0.2) is 9.97 Å². The molecule has 2 aromatic heterocycles. The number of rotatable bonds is 8. The van der Waals surface area contributed by atoms with Crippen LogP contribution >= 0.6 is 0 Å². The molecule has 0 fully saturated rings. The fourth-order valence-electron chi connectivity index (χ4n) is 2.63. The quantitative estimate of drug-likeness (QED) is 0.633. The first-order chi connectivity index (χ1) is 13.2. The first-order valence-corrected chi connectivity index (χ1v) is 8.61. The first-order valence-electron chi connectivity index (χ1n) is 8.61. The Morgan fingerprint density at radius 1 is 0.852 bits per heavy atom. The molecule has 0 bridgehead atoms. The van der Waals surface area contributed by atoms with Crippen LogP contribution in [0.3, 0.4) is 0 Å². The second kappa shape index (κ2) is 8.84. The number of anilines is 2. The Hall–Kier alpha value is -3.35. The number of ether oxygens (including phenoxy) is 2. The fourth-order valence-corrected chi connectivity index (χ4v) is 2.63. The number of nitrogens with one attached hydrogen (secondary N) is 2. The molecule has 3 aromatic rings. The van der Waals surface area contributed by atoms with E-state index in [1.165, 1.54) is 0 Å². The van der Waals surface area contributed by atoms with Gasteiger partial charge in [-0.2, -0.15) is 0 Å². The highest BCUT2D eigenvalue weighted by molar-refractivity contribution is 5.49. The van der Waals surface area contributed by atoms with Gasteiger partial charge in [-0.3, -0.25) is 4.98 Å². The second-order valence-electron chi connectivity index (χ2n) is 5.94. The standard InChI is InChI=1S/C20H23N5O2/c1-14-24-19(10-20(25-14)23-13-16-5-4-8-21-11-16)22-12-15-6-7-17(26-2)18(9-15)27-3/h4-11H,12-13H2,1-3H3,(H2,22,23,24,25). The molecule has 1 aromatic carbocycles. The maximum Gasteiger partial charge on any atom is 0.161 e. The third kappa shape index (κ3) is 5.07. The predicted molar refractivity (Wildman–Crippen MR) is 105 cm³/mol. The summed E-state index contributed by atoms with van der Waals surface area (Å²) in [7, 11) is 3.25. The summed E-state index contributed by atoms with van der Waals surface area (Å²) in [6, 6.07) is 11.7. The molecular weight excluding hydrogens is 342 g/mol. The minimum Gasteiger partial charge on any atom is -0.493 e. The molecule has 0 saturated carbocycles. The van der Waals surface area contributed by atoms with Gasteiger partial charge in [0.25, 0.3) is 0 Å². The van der Waals surface area contributed by atoms with Crippen molar-refractivity contribution in [2.75, 3.05) is 24.9 Å². The van der Waals surface area contributed by atoms with E-state index in [1.807, 2.05) is 49.5 Å². The van der Waals surface area contributed by atoms with E-state index in [0.29, 0.717) is 30.4 Å². The zero-order valence-corrected chi connectivity index (χ0v) is 15.7. The number of aromatic nitrogens is 3. The number of hydrogen-bond donors (Lipinski definition) is 2. The van der Waals surface area contributed by atoms with Crippen LogP contribution < -0.4 is 20.1 Å². The van der Waals surface area contributed by atoms with Gasteiger partial charge in [0, 0.05) is 31.5 Å². The number of pyridine rings is 1. The number of nitrogens with zero attached hydrogens (tertiary/aromatic N) is 3. The van der Waals surface area contributed by atoms with Crippen LogP contribution in [0.5, 0.6) is 11.5 Å². The van der Waals surface area contributed by atoms with Gasteiger partial charge in [0.1, 0.15) is 17.5 Å². The molecule has 2 N–H and O–H groups in total. The van der Waals surface area contributed by atoms with E-state index in [9.17, 15) is 0 Å². The molecule has 0 saturated heterocycles. The van der Waals surface area contributed by atoms with E-state index in [-0.39, 0.29) is 0 Å². The van der Waals surface area contributed by atoms with Crippen molar-refractivity contribution in [2.24, 2.45) is 0 Å². The van der Waals surface area contributed by atoms with E-state index in [0.717, 1.165) is 22.8 Å². The van der Waals surface area contributed by atoms with Gasteiger partial charge >= 0.3 is 0 Å². The SMILES string of the molecule is COc1ccc(CNc2cc(NCc3cccnc3)nc(C)n2)cc1OC. The normalized spacial score (nSPS) is 10.3. The lowest BCUT2D eigenvalue weighted by molar-refractivity contribution is 0.354. The minimum absolute atomic E-state index is 0.610. The lowest BCUT2D eigenvalue weighted by Crippen LogP contribution is -2.07. The summed E-state index contributed by atoms with van der Waals surface area (Å²) in [4.78, 5) is 13.0. The summed E-state index contributed by atoms with van der Waals surface area (Å²) in [6.45, 7) is 3.13. The summed E-state index contributed by atoms with van der Waals surface area (Å²) in [5.74, 6) is 3.63. The molecule has 0 aliphatic rings. The van der Waals surface area contributed by atoms with Crippen molar-refractivity contribution in [3.05, 3.63) is 65.7 Å². The summed E-state index contributed by atoms with van der Waals surface area (Å²) < 4.78 is 10.6. The zero-order chi connectivity index (χ0) is 19.1. The van der Waals surface area contributed by atoms with Crippen LogP contribution in [0.25, 0.3) is 0 Å². The van der Waals surface area contributed by atoms with Gasteiger partial charge in [-0.05, 0) is 36.2 Å². The number of aryl methyl sites for hydroxylation is 1.